The lowest BCUT2D eigenvalue weighted by Crippen LogP contribution is -2.52. The molecule has 32 heavy (non-hydrogen) atoms. The molecule has 0 bridgehead atoms. The van der Waals surface area contributed by atoms with Crippen molar-refractivity contribution in [3.8, 4) is 0 Å². The van der Waals surface area contributed by atoms with Crippen LogP contribution >= 0.6 is 11.6 Å². The van der Waals surface area contributed by atoms with E-state index in [1.54, 1.807) is 24.3 Å². The number of alkyl halides is 1. The minimum Gasteiger partial charge on any atom is -0.467 e. The van der Waals surface area contributed by atoms with Gasteiger partial charge in [0, 0.05) is 31.4 Å². The first-order chi connectivity index (χ1) is 15.0. The Morgan fingerprint density at radius 2 is 1.75 bits per heavy atom. The summed E-state index contributed by atoms with van der Waals surface area (Å²) in [5.74, 6) is -1.63. The van der Waals surface area contributed by atoms with Gasteiger partial charge in [0.15, 0.2) is 0 Å². The highest BCUT2D eigenvalue weighted by molar-refractivity contribution is 6.27. The average molecular weight is 452 g/mol. The van der Waals surface area contributed by atoms with Crippen molar-refractivity contribution in [2.45, 2.75) is 18.5 Å². The first-order valence-corrected chi connectivity index (χ1v) is 10.3. The Kier molecular flexibility index (Phi) is 6.94. The number of rotatable bonds is 4. The molecule has 7 nitrogen and oxygen atoms in total. The van der Waals surface area contributed by atoms with Crippen LogP contribution in [-0.2, 0) is 25.5 Å². The largest absolute Gasteiger partial charge is 0.467 e. The number of halogens is 1. The van der Waals surface area contributed by atoms with Crippen LogP contribution in [0.5, 0.6) is 0 Å². The van der Waals surface area contributed by atoms with E-state index in [0.29, 0.717) is 12.0 Å². The number of esters is 2. The fourth-order valence-electron chi connectivity index (χ4n) is 4.25. The summed E-state index contributed by atoms with van der Waals surface area (Å²) < 4.78 is 9.79. The van der Waals surface area contributed by atoms with E-state index in [4.69, 9.17) is 21.1 Å². The number of carbonyl (C=O) groups excluding carboxylic acids is 3. The Labute approximate surface area is 192 Å². The van der Waals surface area contributed by atoms with Gasteiger partial charge >= 0.3 is 11.9 Å². The number of amides is 1. The molecule has 1 N–H and O–H groups in total. The van der Waals surface area contributed by atoms with Gasteiger partial charge < -0.3 is 19.4 Å². The van der Waals surface area contributed by atoms with E-state index < -0.39 is 24.0 Å². The Bertz CT molecular complexity index is 1160. The fraction of sp³-hybridized carbons (Fsp3) is 0.261. The van der Waals surface area contributed by atoms with Crippen molar-refractivity contribution in [3.05, 3.63) is 70.9 Å². The number of H-pyrrole nitrogens is 1. The molecule has 1 aliphatic heterocycles. The van der Waals surface area contributed by atoms with Gasteiger partial charge in [-0.25, -0.2) is 9.59 Å². The third-order valence-corrected chi connectivity index (χ3v) is 5.88. The van der Waals surface area contributed by atoms with Gasteiger partial charge in [-0.2, -0.15) is 0 Å². The quantitative estimate of drug-likeness (QED) is 0.374. The van der Waals surface area contributed by atoms with Gasteiger partial charge in [-0.15, -0.1) is 11.6 Å². The topological polar surface area (TPSA) is 88.7 Å². The van der Waals surface area contributed by atoms with Gasteiger partial charge in [-0.05, 0) is 29.3 Å². The number of fused-ring (bicyclic) bond motifs is 3. The minimum atomic E-state index is -0.826. The maximum Gasteiger partial charge on any atom is 0.337 e. The van der Waals surface area contributed by atoms with Crippen LogP contribution in [0.3, 0.4) is 0 Å². The molecule has 0 unspecified atom stereocenters. The molecule has 2 atom stereocenters. The summed E-state index contributed by atoms with van der Waals surface area (Å²) in [7, 11) is 2.62. The molecule has 2 heterocycles. The number of carbonyl (C=O) groups is 3. The van der Waals surface area contributed by atoms with Crippen molar-refractivity contribution in [2.24, 2.45) is 0 Å². The Morgan fingerprint density at radius 3 is 2.38 bits per heavy atom. The standard InChI is InChI=1S/C23H21ClN2O5.B/c1-30-22(28)14-9-7-13(8-10-14)21-20-16(15-5-3-4-6-17(15)25-20)11-18(23(29)31-2)26(21)19(27)12-24;/h3-10,18,21,25H,11-12H2,1-2H3;/t18-,21-;/m0./s1. The zero-order chi connectivity index (χ0) is 22.1. The molecule has 3 aromatic rings. The lowest BCUT2D eigenvalue weighted by molar-refractivity contribution is -0.154. The smallest absolute Gasteiger partial charge is 0.337 e. The van der Waals surface area contributed by atoms with Crippen LogP contribution in [0.15, 0.2) is 48.5 Å². The summed E-state index contributed by atoms with van der Waals surface area (Å²) in [6.45, 7) is 0. The van der Waals surface area contributed by atoms with E-state index >= 15 is 0 Å². The number of benzene rings is 2. The molecule has 0 saturated carbocycles. The first kappa shape index (κ1) is 23.4. The second kappa shape index (κ2) is 9.48. The minimum absolute atomic E-state index is 0. The zero-order valence-electron chi connectivity index (χ0n) is 17.6. The van der Waals surface area contributed by atoms with E-state index in [9.17, 15) is 14.4 Å². The van der Waals surface area contributed by atoms with Gasteiger partial charge in [0.05, 0.1) is 25.8 Å². The molecule has 163 valence electrons. The molecule has 4 rings (SSSR count). The SMILES string of the molecule is COC(=O)c1ccc([C@H]2c3[nH]c4ccccc4c3C[C@@H](C(=O)OC)N2C(=O)CCl)cc1.[B]. The molecule has 0 aliphatic carbocycles. The number of ether oxygens (including phenoxy) is 2. The van der Waals surface area contributed by atoms with Crippen molar-refractivity contribution in [2.75, 3.05) is 20.1 Å². The second-order valence-electron chi connectivity index (χ2n) is 7.26. The van der Waals surface area contributed by atoms with Crippen LogP contribution in [0.1, 0.15) is 33.2 Å². The molecule has 1 amide bonds. The number of nitrogens with zero attached hydrogens (tertiary/aromatic N) is 1. The highest BCUT2D eigenvalue weighted by Gasteiger charge is 2.43. The third-order valence-electron chi connectivity index (χ3n) is 5.65. The predicted molar refractivity (Wildman–Crippen MR) is 121 cm³/mol. The number of nitrogens with one attached hydrogen (secondary N) is 1. The van der Waals surface area contributed by atoms with Crippen LogP contribution in [-0.4, -0.2) is 62.3 Å². The monoisotopic (exact) mass is 451 g/mol. The summed E-state index contributed by atoms with van der Waals surface area (Å²) in [4.78, 5) is 42.4. The van der Waals surface area contributed by atoms with E-state index in [-0.39, 0.29) is 20.2 Å². The second-order valence-corrected chi connectivity index (χ2v) is 7.52. The number of methoxy groups -OCH3 is 2. The molecule has 1 aliphatic rings. The third kappa shape index (κ3) is 3.86. The van der Waals surface area contributed by atoms with Crippen LogP contribution in [0.2, 0.25) is 0 Å². The summed E-state index contributed by atoms with van der Waals surface area (Å²) >= 11 is 5.93. The Morgan fingerprint density at radius 1 is 1.06 bits per heavy atom. The Balaban J connectivity index is 0.00000289. The summed E-state index contributed by atoms with van der Waals surface area (Å²) in [5, 5.41) is 0.987. The van der Waals surface area contributed by atoms with Gasteiger partial charge in [0.1, 0.15) is 11.9 Å². The number of hydrogen-bond acceptors (Lipinski definition) is 5. The van der Waals surface area contributed by atoms with Crippen molar-refractivity contribution in [1.29, 1.82) is 0 Å². The van der Waals surface area contributed by atoms with Crippen LogP contribution in [0.4, 0.5) is 0 Å². The lowest BCUT2D eigenvalue weighted by atomic mass is 9.87. The van der Waals surface area contributed by atoms with E-state index in [0.717, 1.165) is 27.7 Å². The Hall–Kier alpha value is -3.26. The molecule has 0 spiro atoms. The van der Waals surface area contributed by atoms with Crippen molar-refractivity contribution in [3.63, 3.8) is 0 Å². The highest BCUT2D eigenvalue weighted by atomic mass is 35.5. The molecule has 9 heteroatoms. The molecule has 2 aromatic carbocycles. The highest BCUT2D eigenvalue weighted by Crippen LogP contribution is 2.41. The normalized spacial score (nSPS) is 17.3. The van der Waals surface area contributed by atoms with Gasteiger partial charge in [0.2, 0.25) is 5.91 Å². The maximum absolute atomic E-state index is 12.9. The molecule has 1 aromatic heterocycles. The van der Waals surface area contributed by atoms with Crippen molar-refractivity contribution >= 4 is 48.8 Å². The predicted octanol–water partition coefficient (Wildman–Crippen LogP) is 2.83. The van der Waals surface area contributed by atoms with E-state index in [1.807, 2.05) is 24.3 Å². The van der Waals surface area contributed by atoms with Gasteiger partial charge in [-0.3, -0.25) is 4.79 Å². The van der Waals surface area contributed by atoms with E-state index in [2.05, 4.69) is 4.98 Å². The molecule has 3 radical (unpaired) electrons. The van der Waals surface area contributed by atoms with Crippen LogP contribution < -0.4 is 0 Å². The average Bonchev–Trinajstić information content (AvgIpc) is 3.19. The number of aromatic nitrogens is 1. The van der Waals surface area contributed by atoms with Gasteiger partial charge in [0.25, 0.3) is 0 Å². The van der Waals surface area contributed by atoms with Crippen molar-refractivity contribution < 1.29 is 23.9 Å². The van der Waals surface area contributed by atoms with E-state index in [1.165, 1.54) is 19.1 Å². The fourth-order valence-corrected chi connectivity index (χ4v) is 4.39. The number of para-hydroxylation sites is 1. The lowest BCUT2D eigenvalue weighted by Gasteiger charge is -2.40. The molecular formula is C23H21BClN2O5. The summed E-state index contributed by atoms with van der Waals surface area (Å²) in [6.07, 6.45) is 0.311. The molecule has 0 fully saturated rings. The molecule has 0 saturated heterocycles. The maximum atomic E-state index is 12.9. The van der Waals surface area contributed by atoms with Crippen LogP contribution in [0.25, 0.3) is 10.9 Å². The first-order valence-electron chi connectivity index (χ1n) is 9.72. The summed E-state index contributed by atoms with van der Waals surface area (Å²) in [5.41, 5.74) is 3.79. The molecular weight excluding hydrogens is 431 g/mol. The van der Waals surface area contributed by atoms with Gasteiger partial charge in [-0.1, -0.05) is 30.3 Å². The number of aromatic amines is 1. The van der Waals surface area contributed by atoms with Crippen LogP contribution in [0, 0.1) is 0 Å². The van der Waals surface area contributed by atoms with Crippen molar-refractivity contribution in [1.82, 2.24) is 9.88 Å². The zero-order valence-corrected chi connectivity index (χ0v) is 18.4. The summed E-state index contributed by atoms with van der Waals surface area (Å²) in [6, 6.07) is 13.1. The number of hydrogen-bond donors (Lipinski definition) is 1.